The fourth-order valence-corrected chi connectivity index (χ4v) is 1.70. The Morgan fingerprint density at radius 3 is 2.06 bits per heavy atom. The quantitative estimate of drug-likeness (QED) is 0.329. The van der Waals surface area contributed by atoms with Crippen LogP contribution in [-0.2, 0) is 9.59 Å². The van der Waals surface area contributed by atoms with Gasteiger partial charge in [0.15, 0.2) is 6.54 Å². The third kappa shape index (κ3) is 5.67. The van der Waals surface area contributed by atoms with Gasteiger partial charge in [0.2, 0.25) is 5.91 Å². The van der Waals surface area contributed by atoms with Crippen LogP contribution in [0.5, 0.6) is 0 Å². The second kappa shape index (κ2) is 7.19. The second-order valence-electron chi connectivity index (χ2n) is 3.97. The number of amides is 2. The summed E-state index contributed by atoms with van der Waals surface area (Å²) in [5, 5.41) is 2.94. The van der Waals surface area contributed by atoms with Crippen molar-refractivity contribution in [1.82, 2.24) is 5.32 Å². The van der Waals surface area contributed by atoms with Gasteiger partial charge in [0.25, 0.3) is 5.91 Å². The summed E-state index contributed by atoms with van der Waals surface area (Å²) in [6.45, 7) is 7.67. The summed E-state index contributed by atoms with van der Waals surface area (Å²) in [5.74, 6) is -0.667. The van der Waals surface area contributed by atoms with Crippen molar-refractivity contribution in [1.29, 1.82) is 0 Å². The molecule has 0 aromatic rings. The number of quaternary nitrogens is 1. The Kier molecular flexibility index (Phi) is 6.67. The highest BCUT2D eigenvalue weighted by Crippen LogP contribution is 2.04. The van der Waals surface area contributed by atoms with E-state index in [1.807, 2.05) is 13.8 Å². The lowest BCUT2D eigenvalue weighted by Crippen LogP contribution is -2.55. The van der Waals surface area contributed by atoms with Crippen molar-refractivity contribution < 1.29 is 14.1 Å². The standard InChI is InChI=1S/C10H22N4O2/c1-3-14(4-2,8-10(12)16)6-5-13-7-9(11)15/h13H,3-8H2,1-2H3,(H3-,11,12,15,16)/p+1. The minimum absolute atomic E-state index is 0.171. The molecule has 0 spiro atoms. The zero-order valence-corrected chi connectivity index (χ0v) is 10.2. The summed E-state index contributed by atoms with van der Waals surface area (Å²) < 4.78 is 0.640. The highest BCUT2D eigenvalue weighted by atomic mass is 16.1. The van der Waals surface area contributed by atoms with Crippen LogP contribution in [-0.4, -0.2) is 55.6 Å². The number of nitrogens with one attached hydrogen (secondary N) is 1. The fraction of sp³-hybridized carbons (Fsp3) is 0.800. The summed E-state index contributed by atoms with van der Waals surface area (Å²) in [7, 11) is 0. The van der Waals surface area contributed by atoms with E-state index in [-0.39, 0.29) is 18.4 Å². The Labute approximate surface area is 96.5 Å². The van der Waals surface area contributed by atoms with E-state index >= 15 is 0 Å². The van der Waals surface area contributed by atoms with E-state index in [4.69, 9.17) is 11.5 Å². The number of carbonyl (C=O) groups excluding carboxylic acids is 2. The van der Waals surface area contributed by atoms with Gasteiger partial charge < -0.3 is 21.3 Å². The van der Waals surface area contributed by atoms with E-state index in [9.17, 15) is 9.59 Å². The molecule has 0 saturated heterocycles. The second-order valence-corrected chi connectivity index (χ2v) is 3.97. The third-order valence-corrected chi connectivity index (χ3v) is 2.90. The molecule has 0 atom stereocenters. The van der Waals surface area contributed by atoms with Crippen molar-refractivity contribution in [3.63, 3.8) is 0 Å². The molecule has 94 valence electrons. The molecule has 5 N–H and O–H groups in total. The van der Waals surface area contributed by atoms with Crippen LogP contribution in [0.3, 0.4) is 0 Å². The molecule has 0 bridgehead atoms. The minimum atomic E-state index is -0.374. The molecule has 0 aliphatic rings. The molecule has 6 heteroatoms. The van der Waals surface area contributed by atoms with E-state index < -0.39 is 0 Å². The molecule has 0 aliphatic carbocycles. The van der Waals surface area contributed by atoms with Gasteiger partial charge in [0.05, 0.1) is 26.2 Å². The molecule has 16 heavy (non-hydrogen) atoms. The lowest BCUT2D eigenvalue weighted by molar-refractivity contribution is -0.916. The first-order valence-corrected chi connectivity index (χ1v) is 5.58. The van der Waals surface area contributed by atoms with Gasteiger partial charge in [-0.05, 0) is 13.8 Å². The number of likely N-dealkylation sites (N-methyl/N-ethyl adjacent to an activating group) is 1. The lowest BCUT2D eigenvalue weighted by atomic mass is 10.3. The van der Waals surface area contributed by atoms with E-state index in [0.29, 0.717) is 17.6 Å². The SMILES string of the molecule is CC[N+](CC)(CCNCC(N)=O)CC(N)=O. The average Bonchev–Trinajstić information content (AvgIpc) is 2.22. The first-order chi connectivity index (χ1) is 7.45. The summed E-state index contributed by atoms with van der Waals surface area (Å²) >= 11 is 0. The minimum Gasteiger partial charge on any atom is -0.369 e. The largest absolute Gasteiger partial charge is 0.369 e. The molecule has 0 fully saturated rings. The lowest BCUT2D eigenvalue weighted by Gasteiger charge is -2.35. The molecule has 0 saturated carbocycles. The predicted molar refractivity (Wildman–Crippen MR) is 62.3 cm³/mol. The van der Waals surface area contributed by atoms with Gasteiger partial charge >= 0.3 is 0 Å². The molecule has 0 radical (unpaired) electrons. The molecule has 6 nitrogen and oxygen atoms in total. The maximum absolute atomic E-state index is 11.0. The number of hydrogen-bond donors (Lipinski definition) is 3. The van der Waals surface area contributed by atoms with Gasteiger partial charge in [-0.3, -0.25) is 9.59 Å². The Bertz CT molecular complexity index is 239. The third-order valence-electron chi connectivity index (χ3n) is 2.90. The van der Waals surface area contributed by atoms with Gasteiger partial charge in [-0.2, -0.15) is 0 Å². The summed E-state index contributed by atoms with van der Waals surface area (Å²) in [6.07, 6.45) is 0. The highest BCUT2D eigenvalue weighted by Gasteiger charge is 2.24. The van der Waals surface area contributed by atoms with Crippen LogP contribution in [0.15, 0.2) is 0 Å². The highest BCUT2D eigenvalue weighted by molar-refractivity contribution is 5.75. The van der Waals surface area contributed by atoms with Crippen LogP contribution in [0, 0.1) is 0 Å². The van der Waals surface area contributed by atoms with E-state index in [1.165, 1.54) is 0 Å². The van der Waals surface area contributed by atoms with Crippen molar-refractivity contribution in [3.05, 3.63) is 0 Å². The topological polar surface area (TPSA) is 98.2 Å². The van der Waals surface area contributed by atoms with Crippen LogP contribution in [0.4, 0.5) is 0 Å². The Morgan fingerprint density at radius 2 is 1.69 bits per heavy atom. The van der Waals surface area contributed by atoms with Crippen molar-refractivity contribution in [2.24, 2.45) is 11.5 Å². The number of nitrogens with zero attached hydrogens (tertiary/aromatic N) is 1. The van der Waals surface area contributed by atoms with Crippen LogP contribution >= 0.6 is 0 Å². The Morgan fingerprint density at radius 1 is 1.12 bits per heavy atom. The molecule has 0 aliphatic heterocycles. The first kappa shape index (κ1) is 14.9. The van der Waals surface area contributed by atoms with Crippen LogP contribution in [0.1, 0.15) is 13.8 Å². The Balaban J connectivity index is 4.11. The molecular weight excluding hydrogens is 208 g/mol. The maximum atomic E-state index is 11.0. The zero-order chi connectivity index (χ0) is 12.6. The number of rotatable bonds is 9. The number of hydrogen-bond acceptors (Lipinski definition) is 3. The molecule has 0 heterocycles. The molecule has 0 aromatic carbocycles. The number of nitrogens with two attached hydrogens (primary N) is 2. The predicted octanol–water partition coefficient (Wildman–Crippen LogP) is -1.60. The van der Waals surface area contributed by atoms with Gasteiger partial charge in [0, 0.05) is 6.54 Å². The monoisotopic (exact) mass is 231 g/mol. The molecular formula is C10H23N4O2+. The zero-order valence-electron chi connectivity index (χ0n) is 10.2. The first-order valence-electron chi connectivity index (χ1n) is 5.58. The maximum Gasteiger partial charge on any atom is 0.272 e. The fourth-order valence-electron chi connectivity index (χ4n) is 1.70. The van der Waals surface area contributed by atoms with Crippen LogP contribution in [0.25, 0.3) is 0 Å². The summed E-state index contributed by atoms with van der Waals surface area (Å²) in [4.78, 5) is 21.5. The Hall–Kier alpha value is -1.14. The smallest absolute Gasteiger partial charge is 0.272 e. The van der Waals surface area contributed by atoms with Gasteiger partial charge in [-0.15, -0.1) is 0 Å². The van der Waals surface area contributed by atoms with Gasteiger partial charge in [0.1, 0.15) is 0 Å². The van der Waals surface area contributed by atoms with Crippen molar-refractivity contribution in [2.75, 3.05) is 39.3 Å². The number of primary amides is 2. The van der Waals surface area contributed by atoms with Gasteiger partial charge in [-0.1, -0.05) is 0 Å². The van der Waals surface area contributed by atoms with E-state index in [1.54, 1.807) is 0 Å². The van der Waals surface area contributed by atoms with Crippen LogP contribution in [0.2, 0.25) is 0 Å². The molecule has 0 rings (SSSR count). The van der Waals surface area contributed by atoms with Gasteiger partial charge in [-0.25, -0.2) is 0 Å². The average molecular weight is 231 g/mol. The van der Waals surface area contributed by atoms with Crippen molar-refractivity contribution >= 4 is 11.8 Å². The molecule has 0 unspecified atom stereocenters. The van der Waals surface area contributed by atoms with Crippen molar-refractivity contribution in [3.8, 4) is 0 Å². The normalized spacial score (nSPS) is 11.4. The molecule has 2 amide bonds. The number of carbonyl (C=O) groups is 2. The van der Waals surface area contributed by atoms with E-state index in [0.717, 1.165) is 19.6 Å². The van der Waals surface area contributed by atoms with Crippen molar-refractivity contribution in [2.45, 2.75) is 13.8 Å². The van der Waals surface area contributed by atoms with Crippen LogP contribution < -0.4 is 16.8 Å². The van der Waals surface area contributed by atoms with E-state index in [2.05, 4.69) is 5.32 Å². The summed E-state index contributed by atoms with van der Waals surface area (Å²) in [6, 6.07) is 0. The summed E-state index contributed by atoms with van der Waals surface area (Å²) in [5.41, 5.74) is 10.2. The molecule has 0 aromatic heterocycles.